The van der Waals surface area contributed by atoms with Gasteiger partial charge in [0, 0.05) is 12.7 Å². The molecule has 146 valence electrons. The summed E-state index contributed by atoms with van der Waals surface area (Å²) >= 11 is 0. The SMILES string of the molecule is CCCCc1ccc(NC(=O)CN(C)S(=O)(=O)c2cc(C)ccc2C)cc1. The fourth-order valence-corrected chi connectivity index (χ4v) is 4.21. The molecule has 0 aliphatic heterocycles. The van der Waals surface area contributed by atoms with Crippen molar-refractivity contribution < 1.29 is 13.2 Å². The van der Waals surface area contributed by atoms with E-state index in [4.69, 9.17) is 0 Å². The highest BCUT2D eigenvalue weighted by Gasteiger charge is 2.24. The first-order chi connectivity index (χ1) is 12.7. The molecule has 0 saturated heterocycles. The van der Waals surface area contributed by atoms with Crippen LogP contribution in [-0.2, 0) is 21.2 Å². The van der Waals surface area contributed by atoms with Gasteiger partial charge in [-0.1, -0.05) is 37.6 Å². The van der Waals surface area contributed by atoms with E-state index in [0.717, 1.165) is 29.1 Å². The second-order valence-electron chi connectivity index (χ2n) is 6.88. The van der Waals surface area contributed by atoms with Crippen molar-refractivity contribution in [2.24, 2.45) is 0 Å². The van der Waals surface area contributed by atoms with Crippen LogP contribution in [0.1, 0.15) is 36.5 Å². The number of rotatable bonds is 8. The molecule has 0 aliphatic carbocycles. The van der Waals surface area contributed by atoms with Crippen LogP contribution in [0.15, 0.2) is 47.4 Å². The van der Waals surface area contributed by atoms with Crippen LogP contribution in [0.4, 0.5) is 5.69 Å². The lowest BCUT2D eigenvalue weighted by atomic mass is 10.1. The quantitative estimate of drug-likeness (QED) is 0.746. The molecule has 0 unspecified atom stereocenters. The predicted octanol–water partition coefficient (Wildman–Crippen LogP) is 3.91. The standard InChI is InChI=1S/C21H28N2O3S/c1-5-6-7-18-10-12-19(13-11-18)22-21(24)15-23(4)27(25,26)20-14-16(2)8-9-17(20)3/h8-14H,5-7,15H2,1-4H3,(H,22,24). The number of nitrogens with one attached hydrogen (secondary N) is 1. The Morgan fingerprint density at radius 1 is 1.07 bits per heavy atom. The highest BCUT2D eigenvalue weighted by Crippen LogP contribution is 2.20. The monoisotopic (exact) mass is 388 g/mol. The second-order valence-corrected chi connectivity index (χ2v) is 8.89. The van der Waals surface area contributed by atoms with Crippen molar-refractivity contribution in [2.75, 3.05) is 18.9 Å². The van der Waals surface area contributed by atoms with Crippen LogP contribution in [0.3, 0.4) is 0 Å². The highest BCUT2D eigenvalue weighted by atomic mass is 32.2. The summed E-state index contributed by atoms with van der Waals surface area (Å²) < 4.78 is 26.7. The molecular formula is C21H28N2O3S. The molecule has 1 amide bonds. The first-order valence-electron chi connectivity index (χ1n) is 9.16. The molecule has 0 bridgehead atoms. The van der Waals surface area contributed by atoms with Gasteiger partial charge in [0.05, 0.1) is 11.4 Å². The van der Waals surface area contributed by atoms with Gasteiger partial charge in [0.1, 0.15) is 0 Å². The summed E-state index contributed by atoms with van der Waals surface area (Å²) in [6.45, 7) is 5.50. The molecule has 5 nitrogen and oxygen atoms in total. The van der Waals surface area contributed by atoms with E-state index < -0.39 is 10.0 Å². The maximum absolute atomic E-state index is 12.8. The van der Waals surface area contributed by atoms with Crippen molar-refractivity contribution in [3.05, 3.63) is 59.2 Å². The van der Waals surface area contributed by atoms with Crippen LogP contribution in [0.2, 0.25) is 0 Å². The van der Waals surface area contributed by atoms with Crippen molar-refractivity contribution in [1.82, 2.24) is 4.31 Å². The molecule has 0 fully saturated rings. The molecule has 0 heterocycles. The van der Waals surface area contributed by atoms with Gasteiger partial charge in [-0.05, 0) is 61.6 Å². The Balaban J connectivity index is 2.03. The Morgan fingerprint density at radius 2 is 1.74 bits per heavy atom. The van der Waals surface area contributed by atoms with Crippen molar-refractivity contribution in [3.63, 3.8) is 0 Å². The van der Waals surface area contributed by atoms with Crippen molar-refractivity contribution in [3.8, 4) is 0 Å². The van der Waals surface area contributed by atoms with E-state index in [0.29, 0.717) is 11.3 Å². The Morgan fingerprint density at radius 3 is 2.37 bits per heavy atom. The maximum atomic E-state index is 12.8. The molecule has 0 aromatic heterocycles. The first kappa shape index (κ1) is 21.1. The zero-order valence-electron chi connectivity index (χ0n) is 16.5. The molecule has 2 aromatic carbocycles. The number of carbonyl (C=O) groups excluding carboxylic acids is 1. The van der Waals surface area contributed by atoms with Gasteiger partial charge in [-0.3, -0.25) is 4.79 Å². The van der Waals surface area contributed by atoms with Crippen LogP contribution in [0.5, 0.6) is 0 Å². The lowest BCUT2D eigenvalue weighted by Gasteiger charge is -2.18. The molecule has 6 heteroatoms. The summed E-state index contributed by atoms with van der Waals surface area (Å²) in [6, 6.07) is 12.9. The fraction of sp³-hybridized carbons (Fsp3) is 0.381. The summed E-state index contributed by atoms with van der Waals surface area (Å²) in [5.41, 5.74) is 3.41. The number of unbranched alkanes of at least 4 members (excludes halogenated alkanes) is 1. The maximum Gasteiger partial charge on any atom is 0.243 e. The minimum atomic E-state index is -3.72. The van der Waals surface area contributed by atoms with Gasteiger partial charge in [0.25, 0.3) is 0 Å². The number of carbonyl (C=O) groups is 1. The number of benzene rings is 2. The number of sulfonamides is 1. The van der Waals surface area contributed by atoms with Crippen molar-refractivity contribution in [1.29, 1.82) is 0 Å². The van der Waals surface area contributed by atoms with E-state index >= 15 is 0 Å². The molecule has 2 rings (SSSR count). The molecule has 0 saturated carbocycles. The van der Waals surface area contributed by atoms with Crippen LogP contribution in [0, 0.1) is 13.8 Å². The summed E-state index contributed by atoms with van der Waals surface area (Å²) in [5, 5.41) is 2.76. The number of nitrogens with zero attached hydrogens (tertiary/aromatic N) is 1. The zero-order chi connectivity index (χ0) is 20.0. The number of likely N-dealkylation sites (N-methyl/N-ethyl adjacent to an activating group) is 1. The Bertz CT molecular complexity index is 890. The fourth-order valence-electron chi connectivity index (χ4n) is 2.78. The lowest BCUT2D eigenvalue weighted by Crippen LogP contribution is -2.35. The molecule has 2 aromatic rings. The molecule has 0 aliphatic rings. The average molecular weight is 389 g/mol. The largest absolute Gasteiger partial charge is 0.325 e. The van der Waals surface area contributed by atoms with Gasteiger partial charge in [0.15, 0.2) is 0 Å². The number of aryl methyl sites for hydroxylation is 3. The van der Waals surface area contributed by atoms with Gasteiger partial charge in [0.2, 0.25) is 15.9 Å². The highest BCUT2D eigenvalue weighted by molar-refractivity contribution is 7.89. The van der Waals surface area contributed by atoms with Crippen LogP contribution < -0.4 is 5.32 Å². The van der Waals surface area contributed by atoms with Crippen LogP contribution in [-0.4, -0.2) is 32.2 Å². The summed E-state index contributed by atoms with van der Waals surface area (Å²) in [6.07, 6.45) is 3.29. The normalized spacial score (nSPS) is 11.6. The lowest BCUT2D eigenvalue weighted by molar-refractivity contribution is -0.116. The number of anilines is 1. The first-order valence-corrected chi connectivity index (χ1v) is 10.6. The van der Waals surface area contributed by atoms with Gasteiger partial charge in [-0.2, -0.15) is 4.31 Å². The second kappa shape index (κ2) is 9.15. The van der Waals surface area contributed by atoms with E-state index in [9.17, 15) is 13.2 Å². The average Bonchev–Trinajstić information content (AvgIpc) is 2.62. The summed E-state index contributed by atoms with van der Waals surface area (Å²) in [5.74, 6) is -0.368. The van der Waals surface area contributed by atoms with Crippen molar-refractivity contribution >= 4 is 21.6 Å². The van der Waals surface area contributed by atoms with Crippen molar-refractivity contribution in [2.45, 2.75) is 44.9 Å². The smallest absolute Gasteiger partial charge is 0.243 e. The minimum Gasteiger partial charge on any atom is -0.325 e. The third-order valence-electron chi connectivity index (χ3n) is 4.45. The summed E-state index contributed by atoms with van der Waals surface area (Å²) in [7, 11) is -2.30. The van der Waals surface area contributed by atoms with E-state index in [2.05, 4.69) is 12.2 Å². The number of amides is 1. The van der Waals surface area contributed by atoms with E-state index in [1.807, 2.05) is 37.3 Å². The van der Waals surface area contributed by atoms with Gasteiger partial charge in [-0.25, -0.2) is 8.42 Å². The molecule has 0 atom stereocenters. The number of hydrogen-bond donors (Lipinski definition) is 1. The third kappa shape index (κ3) is 5.65. The van der Waals surface area contributed by atoms with Gasteiger partial charge >= 0.3 is 0 Å². The molecular weight excluding hydrogens is 360 g/mol. The molecule has 1 N–H and O–H groups in total. The van der Waals surface area contributed by atoms with Crippen LogP contribution in [0.25, 0.3) is 0 Å². The summed E-state index contributed by atoms with van der Waals surface area (Å²) in [4.78, 5) is 12.5. The van der Waals surface area contributed by atoms with E-state index in [-0.39, 0.29) is 17.3 Å². The molecule has 0 spiro atoms. The van der Waals surface area contributed by atoms with E-state index in [1.54, 1.807) is 19.1 Å². The third-order valence-corrected chi connectivity index (χ3v) is 6.40. The minimum absolute atomic E-state index is 0.234. The predicted molar refractivity (Wildman–Crippen MR) is 109 cm³/mol. The topological polar surface area (TPSA) is 66.5 Å². The molecule has 0 radical (unpaired) electrons. The van der Waals surface area contributed by atoms with Gasteiger partial charge in [-0.15, -0.1) is 0 Å². The van der Waals surface area contributed by atoms with Crippen LogP contribution >= 0.6 is 0 Å². The number of hydrogen-bond acceptors (Lipinski definition) is 3. The Kier molecular flexibility index (Phi) is 7.16. The van der Waals surface area contributed by atoms with Gasteiger partial charge < -0.3 is 5.32 Å². The zero-order valence-corrected chi connectivity index (χ0v) is 17.3. The van der Waals surface area contributed by atoms with E-state index in [1.165, 1.54) is 12.6 Å². The Hall–Kier alpha value is -2.18. The molecule has 27 heavy (non-hydrogen) atoms. The Labute approximate surface area is 162 Å².